The maximum Gasteiger partial charge on any atom is 0.264 e. The first-order chi connectivity index (χ1) is 15.4. The van der Waals surface area contributed by atoms with Gasteiger partial charge in [0.25, 0.3) is 5.91 Å². The van der Waals surface area contributed by atoms with Crippen LogP contribution in [0.15, 0.2) is 66.7 Å². The molecule has 1 fully saturated rings. The molecule has 0 aromatic heterocycles. The van der Waals surface area contributed by atoms with Gasteiger partial charge in [0.15, 0.2) is 11.5 Å². The van der Waals surface area contributed by atoms with E-state index in [0.717, 1.165) is 27.8 Å². The molecule has 3 aromatic carbocycles. The van der Waals surface area contributed by atoms with Crippen molar-refractivity contribution in [1.29, 1.82) is 5.41 Å². The molecule has 0 saturated carbocycles. The second-order valence-corrected chi connectivity index (χ2v) is 8.00. The second-order valence-electron chi connectivity index (χ2n) is 8.00. The Bertz CT molecular complexity index is 1110. The number of ether oxygens (including phenoxy) is 2. The number of methoxy groups -OCH3 is 2. The fourth-order valence-electron chi connectivity index (χ4n) is 4.13. The zero-order valence-electron chi connectivity index (χ0n) is 18.7. The van der Waals surface area contributed by atoms with Crippen LogP contribution in [0.5, 0.6) is 11.5 Å². The van der Waals surface area contributed by atoms with Gasteiger partial charge in [0.1, 0.15) is 11.5 Å². The van der Waals surface area contributed by atoms with Gasteiger partial charge in [-0.3, -0.25) is 15.1 Å². The molecule has 0 spiro atoms. The summed E-state index contributed by atoms with van der Waals surface area (Å²) in [7, 11) is 3.21. The summed E-state index contributed by atoms with van der Waals surface area (Å²) in [4.78, 5) is 15.5. The van der Waals surface area contributed by atoms with Gasteiger partial charge in [-0.2, -0.15) is 0 Å². The molecule has 0 unspecified atom stereocenters. The first kappa shape index (κ1) is 21.4. The van der Waals surface area contributed by atoms with Gasteiger partial charge < -0.3 is 14.8 Å². The van der Waals surface area contributed by atoms with E-state index in [1.807, 2.05) is 74.5 Å². The third-order valence-corrected chi connectivity index (χ3v) is 6.02. The highest BCUT2D eigenvalue weighted by atomic mass is 16.5. The number of guanidine groups is 1. The maximum atomic E-state index is 14.0. The van der Waals surface area contributed by atoms with Crippen molar-refractivity contribution in [2.45, 2.75) is 25.9 Å². The monoisotopic (exact) mass is 429 g/mol. The summed E-state index contributed by atoms with van der Waals surface area (Å²) >= 11 is 0. The van der Waals surface area contributed by atoms with E-state index < -0.39 is 5.54 Å². The van der Waals surface area contributed by atoms with Gasteiger partial charge in [-0.15, -0.1) is 0 Å². The summed E-state index contributed by atoms with van der Waals surface area (Å²) in [6.07, 6.45) is 0. The van der Waals surface area contributed by atoms with Crippen LogP contribution in [-0.4, -0.2) is 31.0 Å². The lowest BCUT2D eigenvalue weighted by Crippen LogP contribution is -2.45. The maximum absolute atomic E-state index is 14.0. The Hall–Kier alpha value is -3.80. The summed E-state index contributed by atoms with van der Waals surface area (Å²) < 4.78 is 10.6. The first-order valence-corrected chi connectivity index (χ1v) is 10.4. The van der Waals surface area contributed by atoms with Crippen molar-refractivity contribution in [2.24, 2.45) is 0 Å². The topological polar surface area (TPSA) is 74.7 Å². The van der Waals surface area contributed by atoms with Crippen LogP contribution < -0.4 is 14.8 Å². The molecule has 1 aliphatic rings. The molecular weight excluding hydrogens is 402 g/mol. The predicted octanol–water partition coefficient (Wildman–Crippen LogP) is 4.13. The number of amides is 1. The number of aryl methyl sites for hydroxylation is 2. The average molecular weight is 430 g/mol. The first-order valence-electron chi connectivity index (χ1n) is 10.4. The van der Waals surface area contributed by atoms with Crippen molar-refractivity contribution in [3.8, 4) is 11.5 Å². The molecule has 32 heavy (non-hydrogen) atoms. The smallest absolute Gasteiger partial charge is 0.264 e. The van der Waals surface area contributed by atoms with Crippen molar-refractivity contribution in [2.75, 3.05) is 14.2 Å². The van der Waals surface area contributed by atoms with Crippen LogP contribution in [0.1, 0.15) is 27.8 Å². The van der Waals surface area contributed by atoms with Crippen LogP contribution in [0.2, 0.25) is 0 Å². The minimum Gasteiger partial charge on any atom is -0.497 e. The molecule has 3 aromatic rings. The predicted molar refractivity (Wildman–Crippen MR) is 124 cm³/mol. The lowest BCUT2D eigenvalue weighted by atomic mass is 9.82. The molecule has 1 amide bonds. The molecule has 6 heteroatoms. The van der Waals surface area contributed by atoms with Gasteiger partial charge in [0.05, 0.1) is 20.8 Å². The van der Waals surface area contributed by atoms with Crippen molar-refractivity contribution in [3.63, 3.8) is 0 Å². The Morgan fingerprint density at radius 2 is 1.41 bits per heavy atom. The van der Waals surface area contributed by atoms with E-state index in [4.69, 9.17) is 14.9 Å². The van der Waals surface area contributed by atoms with E-state index in [0.29, 0.717) is 18.0 Å². The molecule has 4 rings (SSSR count). The zero-order chi connectivity index (χ0) is 22.9. The summed E-state index contributed by atoms with van der Waals surface area (Å²) in [6.45, 7) is 4.37. The highest BCUT2D eigenvalue weighted by molar-refractivity contribution is 6.10. The molecule has 0 atom stereocenters. The molecule has 0 aliphatic carbocycles. The minimum absolute atomic E-state index is 0.0718. The molecule has 1 heterocycles. The fraction of sp³-hybridized carbons (Fsp3) is 0.231. The summed E-state index contributed by atoms with van der Waals surface area (Å²) in [5.41, 5.74) is 3.48. The molecule has 0 bridgehead atoms. The van der Waals surface area contributed by atoms with Crippen LogP contribution >= 0.6 is 0 Å². The van der Waals surface area contributed by atoms with E-state index in [9.17, 15) is 4.79 Å². The van der Waals surface area contributed by atoms with Gasteiger partial charge in [-0.25, -0.2) is 0 Å². The minimum atomic E-state index is -1.21. The number of benzene rings is 3. The zero-order valence-corrected chi connectivity index (χ0v) is 18.7. The van der Waals surface area contributed by atoms with Gasteiger partial charge in [-0.1, -0.05) is 48.0 Å². The van der Waals surface area contributed by atoms with Gasteiger partial charge in [-0.05, 0) is 60.4 Å². The van der Waals surface area contributed by atoms with Crippen molar-refractivity contribution in [1.82, 2.24) is 10.2 Å². The third-order valence-electron chi connectivity index (χ3n) is 6.02. The Kier molecular flexibility index (Phi) is 5.61. The summed E-state index contributed by atoms with van der Waals surface area (Å²) in [6, 6.07) is 20.9. The summed E-state index contributed by atoms with van der Waals surface area (Å²) in [5.74, 6) is 1.28. The lowest BCUT2D eigenvalue weighted by molar-refractivity contribution is -0.130. The third kappa shape index (κ3) is 3.58. The number of hydrogen-bond acceptors (Lipinski definition) is 4. The van der Waals surface area contributed by atoms with E-state index >= 15 is 0 Å². The molecule has 1 aliphatic heterocycles. The van der Waals surface area contributed by atoms with E-state index in [1.165, 1.54) is 4.90 Å². The molecule has 2 N–H and O–H groups in total. The molecule has 1 saturated heterocycles. The van der Waals surface area contributed by atoms with E-state index in [-0.39, 0.29) is 11.9 Å². The number of carbonyl (C=O) groups is 1. The fourth-order valence-corrected chi connectivity index (χ4v) is 4.13. The van der Waals surface area contributed by atoms with Gasteiger partial charge >= 0.3 is 0 Å². The quantitative estimate of drug-likeness (QED) is 0.618. The van der Waals surface area contributed by atoms with Crippen molar-refractivity contribution in [3.05, 3.63) is 94.5 Å². The number of nitrogens with one attached hydrogen (secondary N) is 2. The molecule has 164 valence electrons. The Labute approximate surface area is 188 Å². The number of carbonyl (C=O) groups excluding carboxylic acids is 1. The van der Waals surface area contributed by atoms with Gasteiger partial charge in [0, 0.05) is 0 Å². The normalized spacial score (nSPS) is 14.9. The number of rotatable bonds is 6. The standard InChI is InChI=1S/C26H27N3O3/c1-17-5-6-18(2)19(15-17)16-29-24(30)26(28-25(29)27,20-7-11-22(31-3)12-8-20)21-9-13-23(32-4)14-10-21/h5-15H,16H2,1-4H3,(H2,27,28). The Balaban J connectivity index is 1.81. The second kappa shape index (κ2) is 8.38. The molecular formula is C26H27N3O3. The Morgan fingerprint density at radius 3 is 1.91 bits per heavy atom. The SMILES string of the molecule is COc1ccc(C2(c3ccc(OC)cc3)NC(=N)N(Cc3cc(C)ccc3C)C2=O)cc1. The highest BCUT2D eigenvalue weighted by Gasteiger charge is 2.52. The van der Waals surface area contributed by atoms with Crippen LogP contribution in [0.4, 0.5) is 0 Å². The van der Waals surface area contributed by atoms with Crippen molar-refractivity contribution >= 4 is 11.9 Å². The van der Waals surface area contributed by atoms with Crippen LogP contribution in [0.25, 0.3) is 0 Å². The number of hydrogen-bond donors (Lipinski definition) is 2. The van der Waals surface area contributed by atoms with Crippen molar-refractivity contribution < 1.29 is 14.3 Å². The van der Waals surface area contributed by atoms with Crippen LogP contribution in [-0.2, 0) is 16.9 Å². The largest absolute Gasteiger partial charge is 0.497 e. The van der Waals surface area contributed by atoms with Crippen LogP contribution in [0, 0.1) is 19.3 Å². The number of nitrogens with zero attached hydrogens (tertiary/aromatic N) is 1. The molecule has 0 radical (unpaired) electrons. The molecule has 6 nitrogen and oxygen atoms in total. The van der Waals surface area contributed by atoms with E-state index in [1.54, 1.807) is 14.2 Å². The summed E-state index contributed by atoms with van der Waals surface area (Å²) in [5, 5.41) is 11.9. The lowest BCUT2D eigenvalue weighted by Gasteiger charge is -2.28. The average Bonchev–Trinajstić information content (AvgIpc) is 3.07. The van der Waals surface area contributed by atoms with Crippen LogP contribution in [0.3, 0.4) is 0 Å². The van der Waals surface area contributed by atoms with Gasteiger partial charge in [0.2, 0.25) is 0 Å². The highest BCUT2D eigenvalue weighted by Crippen LogP contribution is 2.38. The Morgan fingerprint density at radius 1 is 0.875 bits per heavy atom. The van der Waals surface area contributed by atoms with E-state index in [2.05, 4.69) is 11.4 Å².